The van der Waals surface area contributed by atoms with Crippen LogP contribution < -0.4 is 0 Å². The van der Waals surface area contributed by atoms with E-state index in [2.05, 4.69) is 10.00 Å². The Bertz CT molecular complexity index is 863. The number of aromatic hydroxyl groups is 1. The Morgan fingerprint density at radius 3 is 2.70 bits per heavy atom. The zero-order chi connectivity index (χ0) is 19.1. The van der Waals surface area contributed by atoms with Crippen LogP contribution in [0.1, 0.15) is 34.6 Å². The average Bonchev–Trinajstić information content (AvgIpc) is 3.34. The van der Waals surface area contributed by atoms with Gasteiger partial charge in [-0.1, -0.05) is 6.07 Å². The van der Waals surface area contributed by atoms with Gasteiger partial charge in [0, 0.05) is 38.3 Å². The predicted octanol–water partition coefficient (Wildman–Crippen LogP) is 1.48. The molecule has 1 amide bonds. The number of benzene rings is 1. The van der Waals surface area contributed by atoms with Crippen molar-refractivity contribution in [2.75, 3.05) is 26.2 Å². The molecule has 2 aromatic rings. The van der Waals surface area contributed by atoms with Crippen molar-refractivity contribution in [3.8, 4) is 11.4 Å². The van der Waals surface area contributed by atoms with E-state index < -0.39 is 0 Å². The fourth-order valence-corrected chi connectivity index (χ4v) is 4.31. The number of aliphatic hydroxyl groups excluding tert-OH is 1. The number of phenols is 1. The van der Waals surface area contributed by atoms with Crippen molar-refractivity contribution in [1.82, 2.24) is 19.6 Å². The zero-order valence-corrected chi connectivity index (χ0v) is 15.8. The second-order valence-electron chi connectivity index (χ2n) is 7.61. The molecule has 3 heterocycles. The summed E-state index contributed by atoms with van der Waals surface area (Å²) in [7, 11) is 0. The maximum Gasteiger partial charge on any atom is 0.257 e. The lowest BCUT2D eigenvalue weighted by molar-refractivity contribution is 0.0776. The van der Waals surface area contributed by atoms with Crippen molar-refractivity contribution in [2.24, 2.45) is 0 Å². The molecular weight excluding hydrogens is 344 g/mol. The number of amides is 1. The van der Waals surface area contributed by atoms with Crippen molar-refractivity contribution < 1.29 is 15.0 Å². The maximum absolute atomic E-state index is 13.2. The van der Waals surface area contributed by atoms with Gasteiger partial charge in [-0.05, 0) is 38.8 Å². The van der Waals surface area contributed by atoms with E-state index in [0.717, 1.165) is 37.3 Å². The quantitative estimate of drug-likeness (QED) is 0.855. The summed E-state index contributed by atoms with van der Waals surface area (Å²) in [6, 6.07) is 7.20. The molecule has 0 saturated carbocycles. The van der Waals surface area contributed by atoms with Crippen molar-refractivity contribution >= 4 is 5.91 Å². The Labute approximate surface area is 158 Å². The number of β-amino-alcohol motifs (C(OH)–C–C–N with tert-alkyl or cyclic N) is 1. The first-order chi connectivity index (χ1) is 12.9. The lowest BCUT2D eigenvalue weighted by atomic mass is 10.1. The minimum Gasteiger partial charge on any atom is -0.508 e. The highest BCUT2D eigenvalue weighted by Crippen LogP contribution is 2.26. The van der Waals surface area contributed by atoms with Crippen LogP contribution >= 0.6 is 0 Å². The summed E-state index contributed by atoms with van der Waals surface area (Å²) in [5, 5.41) is 24.0. The molecule has 1 aromatic carbocycles. The molecule has 2 saturated heterocycles. The number of nitrogens with zero attached hydrogens (tertiary/aromatic N) is 4. The fraction of sp³-hybridized carbons (Fsp3) is 0.500. The summed E-state index contributed by atoms with van der Waals surface area (Å²) in [4.78, 5) is 17.4. The Morgan fingerprint density at radius 1 is 1.19 bits per heavy atom. The van der Waals surface area contributed by atoms with Gasteiger partial charge in [0.1, 0.15) is 5.75 Å². The van der Waals surface area contributed by atoms with Gasteiger partial charge in [-0.3, -0.25) is 9.69 Å². The number of aliphatic hydroxyl groups is 1. The van der Waals surface area contributed by atoms with Crippen LogP contribution in [0.15, 0.2) is 24.3 Å². The van der Waals surface area contributed by atoms with Gasteiger partial charge < -0.3 is 15.1 Å². The van der Waals surface area contributed by atoms with E-state index >= 15 is 0 Å². The Morgan fingerprint density at radius 2 is 2.00 bits per heavy atom. The maximum atomic E-state index is 13.2. The molecule has 2 aliphatic heterocycles. The lowest BCUT2D eigenvalue weighted by Crippen LogP contribution is -2.38. The van der Waals surface area contributed by atoms with Crippen LogP contribution in [0.5, 0.6) is 5.75 Å². The van der Waals surface area contributed by atoms with Crippen molar-refractivity contribution in [1.29, 1.82) is 0 Å². The number of aromatic nitrogens is 2. The molecule has 2 fully saturated rings. The van der Waals surface area contributed by atoms with Gasteiger partial charge in [0.05, 0.1) is 28.7 Å². The summed E-state index contributed by atoms with van der Waals surface area (Å²) in [6.07, 6.45) is 1.52. The number of phenolic OH excluding ortho intramolecular Hbond substituents is 1. The number of likely N-dealkylation sites (tertiary alicyclic amines) is 2. The summed E-state index contributed by atoms with van der Waals surface area (Å²) < 4.78 is 1.71. The van der Waals surface area contributed by atoms with Gasteiger partial charge in [-0.2, -0.15) is 5.10 Å². The van der Waals surface area contributed by atoms with Gasteiger partial charge in [0.2, 0.25) is 0 Å². The van der Waals surface area contributed by atoms with Crippen LogP contribution in [-0.2, 0) is 0 Å². The third-order valence-electron chi connectivity index (χ3n) is 5.74. The second-order valence-corrected chi connectivity index (χ2v) is 7.61. The van der Waals surface area contributed by atoms with E-state index in [0.29, 0.717) is 30.4 Å². The first kappa shape index (κ1) is 18.0. The van der Waals surface area contributed by atoms with E-state index in [9.17, 15) is 15.0 Å². The molecule has 0 spiro atoms. The SMILES string of the molecule is Cc1nn(-c2cccc(O)c2)c(C)c1C(=O)N1CCC(N2CC[C@H](O)C2)C1. The molecular formula is C20H26N4O3. The van der Waals surface area contributed by atoms with Crippen molar-refractivity contribution in [3.05, 3.63) is 41.2 Å². The van der Waals surface area contributed by atoms with Gasteiger partial charge in [0.25, 0.3) is 5.91 Å². The molecule has 7 nitrogen and oxygen atoms in total. The molecule has 1 aromatic heterocycles. The van der Waals surface area contributed by atoms with E-state index in [1.165, 1.54) is 0 Å². The zero-order valence-electron chi connectivity index (χ0n) is 15.8. The molecule has 4 rings (SSSR count). The first-order valence-electron chi connectivity index (χ1n) is 9.51. The fourth-order valence-electron chi connectivity index (χ4n) is 4.31. The molecule has 2 aliphatic rings. The van der Waals surface area contributed by atoms with Crippen LogP contribution in [0.4, 0.5) is 0 Å². The highest BCUT2D eigenvalue weighted by atomic mass is 16.3. The molecule has 2 N–H and O–H groups in total. The van der Waals surface area contributed by atoms with Gasteiger partial charge in [-0.25, -0.2) is 4.68 Å². The third-order valence-corrected chi connectivity index (χ3v) is 5.74. The number of aryl methyl sites for hydroxylation is 1. The van der Waals surface area contributed by atoms with Gasteiger partial charge >= 0.3 is 0 Å². The Kier molecular flexibility index (Phi) is 4.65. The summed E-state index contributed by atoms with van der Waals surface area (Å²) in [5.74, 6) is 0.182. The van der Waals surface area contributed by atoms with E-state index in [-0.39, 0.29) is 17.8 Å². The lowest BCUT2D eigenvalue weighted by Gasteiger charge is -2.23. The predicted molar refractivity (Wildman–Crippen MR) is 101 cm³/mol. The average molecular weight is 370 g/mol. The largest absolute Gasteiger partial charge is 0.508 e. The van der Waals surface area contributed by atoms with Gasteiger partial charge in [-0.15, -0.1) is 0 Å². The smallest absolute Gasteiger partial charge is 0.257 e. The van der Waals surface area contributed by atoms with Crippen LogP contribution in [0.2, 0.25) is 0 Å². The topological polar surface area (TPSA) is 81.8 Å². The van der Waals surface area contributed by atoms with Crippen LogP contribution in [0.3, 0.4) is 0 Å². The van der Waals surface area contributed by atoms with Crippen LogP contribution in [0, 0.1) is 13.8 Å². The summed E-state index contributed by atoms with van der Waals surface area (Å²) >= 11 is 0. The molecule has 0 radical (unpaired) electrons. The first-order valence-corrected chi connectivity index (χ1v) is 9.51. The third kappa shape index (κ3) is 3.33. The number of carbonyl (C=O) groups is 1. The number of hydrogen-bond acceptors (Lipinski definition) is 5. The number of hydrogen-bond donors (Lipinski definition) is 2. The summed E-state index contributed by atoms with van der Waals surface area (Å²) in [5.41, 5.74) is 2.85. The second kappa shape index (κ2) is 6.98. The number of rotatable bonds is 3. The van der Waals surface area contributed by atoms with E-state index in [1.807, 2.05) is 24.8 Å². The molecule has 7 heteroatoms. The molecule has 1 unspecified atom stereocenters. The Balaban J connectivity index is 1.54. The van der Waals surface area contributed by atoms with Crippen LogP contribution in [0.25, 0.3) is 5.69 Å². The van der Waals surface area contributed by atoms with Crippen molar-refractivity contribution in [2.45, 2.75) is 38.8 Å². The molecule has 144 valence electrons. The number of carbonyl (C=O) groups excluding carboxylic acids is 1. The molecule has 27 heavy (non-hydrogen) atoms. The van der Waals surface area contributed by atoms with Crippen molar-refractivity contribution in [3.63, 3.8) is 0 Å². The molecule has 2 atom stereocenters. The van der Waals surface area contributed by atoms with E-state index in [1.54, 1.807) is 22.9 Å². The molecule has 0 aliphatic carbocycles. The highest BCUT2D eigenvalue weighted by Gasteiger charge is 2.35. The highest BCUT2D eigenvalue weighted by molar-refractivity contribution is 5.96. The van der Waals surface area contributed by atoms with Crippen LogP contribution in [-0.4, -0.2) is 74.0 Å². The monoisotopic (exact) mass is 370 g/mol. The summed E-state index contributed by atoms with van der Waals surface area (Å²) in [6.45, 7) is 6.78. The standard InChI is InChI=1S/C20H26N4O3/c1-13-19(14(2)24(21-13)15-4-3-5-17(25)10-15)20(27)23-8-6-16(11-23)22-9-7-18(26)12-22/h3-5,10,16,18,25-26H,6-9,11-12H2,1-2H3/t16?,18-/m0/s1. The van der Waals surface area contributed by atoms with E-state index in [4.69, 9.17) is 0 Å². The Hall–Kier alpha value is -2.38. The molecule has 0 bridgehead atoms. The van der Waals surface area contributed by atoms with Gasteiger partial charge in [0.15, 0.2) is 0 Å². The minimum absolute atomic E-state index is 0.0126. The normalized spacial score (nSPS) is 23.3. The minimum atomic E-state index is -0.236.